The van der Waals surface area contributed by atoms with Crippen molar-refractivity contribution < 1.29 is 4.74 Å². The van der Waals surface area contributed by atoms with Crippen LogP contribution in [0.25, 0.3) is 0 Å². The van der Waals surface area contributed by atoms with E-state index >= 15 is 0 Å². The fraction of sp³-hybridized carbons (Fsp3) is 0.357. The van der Waals surface area contributed by atoms with E-state index in [0.29, 0.717) is 23.9 Å². The molecule has 3 aromatic rings. The Kier molecular flexibility index (Phi) is 5.69. The quantitative estimate of drug-likeness (QED) is 0.537. The Labute approximate surface area is 186 Å². The van der Waals surface area contributed by atoms with Crippen LogP contribution in [0.4, 0.5) is 5.69 Å². The van der Waals surface area contributed by atoms with Crippen LogP contribution in [0, 0.1) is 5.92 Å². The van der Waals surface area contributed by atoms with E-state index in [4.69, 9.17) is 4.74 Å². The molecule has 3 aliphatic rings. The molecular weight excluding hydrogens is 380 g/mol. The standard InChI is InChI=1S/C28H32N2O/c1-29(24-15-9-10-16-25(24)31-2)27-23-17-19-30(20-18-23)28(27)26(21-11-5-3-6-12-21)22-13-7-4-8-14-22/h3-16,23,26-28H,17-20H2,1-2H3/t27-,28?/m0/s1. The molecule has 3 nitrogen and oxygen atoms in total. The van der Waals surface area contributed by atoms with E-state index in [1.54, 1.807) is 7.11 Å². The summed E-state index contributed by atoms with van der Waals surface area (Å²) in [6.07, 6.45) is 2.55. The number of likely N-dealkylation sites (N-methyl/N-ethyl adjacent to an activating group) is 1. The van der Waals surface area contributed by atoms with E-state index in [1.807, 2.05) is 0 Å². The summed E-state index contributed by atoms with van der Waals surface area (Å²) < 4.78 is 5.75. The number of anilines is 1. The third-order valence-corrected chi connectivity index (χ3v) is 7.40. The van der Waals surface area contributed by atoms with Gasteiger partial charge in [-0.15, -0.1) is 0 Å². The predicted octanol–water partition coefficient (Wildman–Crippen LogP) is 5.43. The fourth-order valence-electron chi connectivity index (χ4n) is 6.00. The average molecular weight is 413 g/mol. The molecule has 160 valence electrons. The topological polar surface area (TPSA) is 15.7 Å². The Bertz CT molecular complexity index is 943. The summed E-state index contributed by atoms with van der Waals surface area (Å²) in [6.45, 7) is 2.39. The number of piperidine rings is 3. The number of methoxy groups -OCH3 is 1. The van der Waals surface area contributed by atoms with Gasteiger partial charge in [0.1, 0.15) is 5.75 Å². The highest BCUT2D eigenvalue weighted by atomic mass is 16.5. The van der Waals surface area contributed by atoms with Gasteiger partial charge in [-0.3, -0.25) is 4.90 Å². The van der Waals surface area contributed by atoms with Crippen LogP contribution < -0.4 is 9.64 Å². The van der Waals surface area contributed by atoms with Gasteiger partial charge in [0, 0.05) is 25.0 Å². The molecular formula is C28H32N2O. The van der Waals surface area contributed by atoms with E-state index in [2.05, 4.69) is 102 Å². The van der Waals surface area contributed by atoms with Gasteiger partial charge >= 0.3 is 0 Å². The lowest BCUT2D eigenvalue weighted by Crippen LogP contribution is -2.65. The molecule has 0 radical (unpaired) electrons. The second kappa shape index (κ2) is 8.76. The number of fused-ring (bicyclic) bond motifs is 3. The molecule has 3 saturated heterocycles. The van der Waals surface area contributed by atoms with Gasteiger partial charge in [0.2, 0.25) is 0 Å². The van der Waals surface area contributed by atoms with Gasteiger partial charge < -0.3 is 9.64 Å². The van der Waals surface area contributed by atoms with Crippen LogP contribution in [0.15, 0.2) is 84.9 Å². The van der Waals surface area contributed by atoms with E-state index in [1.165, 1.54) is 42.7 Å². The minimum atomic E-state index is 0.340. The van der Waals surface area contributed by atoms with E-state index in [-0.39, 0.29) is 0 Å². The third kappa shape index (κ3) is 3.72. The zero-order valence-electron chi connectivity index (χ0n) is 18.5. The molecule has 2 atom stereocenters. The van der Waals surface area contributed by atoms with Crippen molar-refractivity contribution >= 4 is 5.69 Å². The monoisotopic (exact) mass is 412 g/mol. The second-order valence-corrected chi connectivity index (χ2v) is 8.94. The summed E-state index contributed by atoms with van der Waals surface area (Å²) in [5, 5.41) is 0. The maximum Gasteiger partial charge on any atom is 0.142 e. The first kappa shape index (κ1) is 20.1. The predicted molar refractivity (Wildman–Crippen MR) is 128 cm³/mol. The summed E-state index contributed by atoms with van der Waals surface area (Å²) in [7, 11) is 4.04. The molecule has 31 heavy (non-hydrogen) atoms. The Morgan fingerprint density at radius 1 is 0.806 bits per heavy atom. The zero-order chi connectivity index (χ0) is 21.2. The van der Waals surface area contributed by atoms with Gasteiger partial charge in [0.15, 0.2) is 0 Å². The minimum Gasteiger partial charge on any atom is -0.495 e. The zero-order valence-corrected chi connectivity index (χ0v) is 18.5. The van der Waals surface area contributed by atoms with Crippen molar-refractivity contribution in [1.29, 1.82) is 0 Å². The van der Waals surface area contributed by atoms with Gasteiger partial charge in [-0.25, -0.2) is 0 Å². The van der Waals surface area contributed by atoms with Crippen molar-refractivity contribution in [2.75, 3.05) is 32.1 Å². The van der Waals surface area contributed by atoms with Crippen LogP contribution in [-0.4, -0.2) is 44.2 Å². The maximum atomic E-state index is 5.75. The lowest BCUT2D eigenvalue weighted by atomic mass is 9.70. The van der Waals surface area contributed by atoms with Crippen LogP contribution >= 0.6 is 0 Å². The molecule has 3 aliphatic heterocycles. The molecule has 3 aromatic carbocycles. The number of nitrogens with zero attached hydrogens (tertiary/aromatic N) is 2. The lowest BCUT2D eigenvalue weighted by Gasteiger charge is -2.56. The van der Waals surface area contributed by atoms with Crippen molar-refractivity contribution in [2.45, 2.75) is 30.8 Å². The smallest absolute Gasteiger partial charge is 0.142 e. The normalized spacial score (nSPS) is 24.9. The van der Waals surface area contributed by atoms with Gasteiger partial charge in [-0.05, 0) is 55.1 Å². The largest absolute Gasteiger partial charge is 0.495 e. The summed E-state index contributed by atoms with van der Waals surface area (Å²) in [6, 6.07) is 31.5. The molecule has 3 heterocycles. The van der Waals surface area contributed by atoms with E-state index in [0.717, 1.165) is 5.75 Å². The van der Waals surface area contributed by atoms with E-state index < -0.39 is 0 Å². The van der Waals surface area contributed by atoms with Gasteiger partial charge in [0.25, 0.3) is 0 Å². The maximum absolute atomic E-state index is 5.75. The SMILES string of the molecule is COc1ccccc1N(C)[C@H]1C2CCN(CC2)C1C(c1ccccc1)c1ccccc1. The average Bonchev–Trinajstić information content (AvgIpc) is 2.86. The number of rotatable bonds is 6. The summed E-state index contributed by atoms with van der Waals surface area (Å²) in [5.41, 5.74) is 4.00. The summed E-state index contributed by atoms with van der Waals surface area (Å²) in [5.74, 6) is 1.99. The van der Waals surface area contributed by atoms with Crippen molar-refractivity contribution in [2.24, 2.45) is 5.92 Å². The summed E-state index contributed by atoms with van der Waals surface area (Å²) >= 11 is 0. The molecule has 6 rings (SSSR count). The Morgan fingerprint density at radius 3 is 1.94 bits per heavy atom. The molecule has 0 N–H and O–H groups in total. The summed E-state index contributed by atoms with van der Waals surface area (Å²) in [4.78, 5) is 5.26. The fourth-order valence-corrected chi connectivity index (χ4v) is 6.00. The molecule has 3 heteroatoms. The van der Waals surface area contributed by atoms with Crippen LogP contribution in [0.5, 0.6) is 5.75 Å². The molecule has 0 aliphatic carbocycles. The van der Waals surface area contributed by atoms with Crippen molar-refractivity contribution in [3.8, 4) is 5.75 Å². The second-order valence-electron chi connectivity index (χ2n) is 8.94. The number of hydrogen-bond donors (Lipinski definition) is 0. The van der Waals surface area contributed by atoms with Crippen LogP contribution in [-0.2, 0) is 0 Å². The number of hydrogen-bond acceptors (Lipinski definition) is 3. The highest BCUT2D eigenvalue weighted by Gasteiger charge is 2.48. The van der Waals surface area contributed by atoms with Gasteiger partial charge in [0.05, 0.1) is 12.8 Å². The number of ether oxygens (including phenoxy) is 1. The van der Waals surface area contributed by atoms with Crippen molar-refractivity contribution in [1.82, 2.24) is 4.90 Å². The van der Waals surface area contributed by atoms with Crippen LogP contribution in [0.3, 0.4) is 0 Å². The highest BCUT2D eigenvalue weighted by Crippen LogP contribution is 2.45. The van der Waals surface area contributed by atoms with E-state index in [9.17, 15) is 0 Å². The molecule has 0 spiro atoms. The third-order valence-electron chi connectivity index (χ3n) is 7.40. The highest BCUT2D eigenvalue weighted by molar-refractivity contribution is 5.59. The molecule has 3 fully saturated rings. The first-order valence-corrected chi connectivity index (χ1v) is 11.5. The molecule has 0 saturated carbocycles. The molecule has 2 bridgehead atoms. The molecule has 0 amide bonds. The first-order valence-electron chi connectivity index (χ1n) is 11.5. The molecule has 1 unspecified atom stereocenters. The Hall–Kier alpha value is -2.78. The van der Waals surface area contributed by atoms with Crippen molar-refractivity contribution in [3.05, 3.63) is 96.1 Å². The number of para-hydroxylation sites is 2. The Balaban J connectivity index is 1.61. The number of benzene rings is 3. The minimum absolute atomic E-state index is 0.340. The van der Waals surface area contributed by atoms with Crippen LogP contribution in [0.2, 0.25) is 0 Å². The Morgan fingerprint density at radius 2 is 1.35 bits per heavy atom. The van der Waals surface area contributed by atoms with Gasteiger partial charge in [-0.1, -0.05) is 72.8 Å². The van der Waals surface area contributed by atoms with Crippen LogP contribution in [0.1, 0.15) is 29.9 Å². The lowest BCUT2D eigenvalue weighted by molar-refractivity contribution is 0.0185. The first-order chi connectivity index (χ1) is 15.3. The van der Waals surface area contributed by atoms with Gasteiger partial charge in [-0.2, -0.15) is 0 Å². The van der Waals surface area contributed by atoms with Crippen molar-refractivity contribution in [3.63, 3.8) is 0 Å². The molecule has 0 aromatic heterocycles.